The Kier molecular flexibility index (Phi) is 4.13. The molecule has 3 atom stereocenters. The molecule has 2 heterocycles. The molecule has 2 bridgehead atoms. The van der Waals surface area contributed by atoms with E-state index < -0.39 is 17.2 Å². The van der Waals surface area contributed by atoms with E-state index in [1.54, 1.807) is 11.0 Å². The SMILES string of the molecule is C=CCN1C(=O)C(C(=O)NC(C)(C)C)C2C[C@@]1(C)Oc1ccccc12. The second-order valence-electron chi connectivity index (χ2n) is 8.08. The van der Waals surface area contributed by atoms with Gasteiger partial charge in [-0.1, -0.05) is 24.3 Å². The number of nitrogens with zero attached hydrogens (tertiary/aromatic N) is 1. The predicted molar refractivity (Wildman–Crippen MR) is 96.1 cm³/mol. The van der Waals surface area contributed by atoms with Crippen molar-refractivity contribution in [3.63, 3.8) is 0 Å². The van der Waals surface area contributed by atoms with Crippen LogP contribution in [0.4, 0.5) is 0 Å². The summed E-state index contributed by atoms with van der Waals surface area (Å²) in [5, 5.41) is 2.98. The Morgan fingerprint density at radius 3 is 2.76 bits per heavy atom. The number of hydrogen-bond donors (Lipinski definition) is 1. The molecule has 2 aliphatic rings. The monoisotopic (exact) mass is 342 g/mol. The number of likely N-dealkylation sites (tertiary alicyclic amines) is 1. The molecular formula is C20H26N2O3. The second kappa shape index (κ2) is 5.90. The Morgan fingerprint density at radius 1 is 1.44 bits per heavy atom. The smallest absolute Gasteiger partial charge is 0.239 e. The molecule has 25 heavy (non-hydrogen) atoms. The summed E-state index contributed by atoms with van der Waals surface area (Å²) in [7, 11) is 0. The van der Waals surface area contributed by atoms with Crippen molar-refractivity contribution in [3.8, 4) is 5.75 Å². The van der Waals surface area contributed by atoms with E-state index in [0.29, 0.717) is 13.0 Å². The maximum absolute atomic E-state index is 13.2. The van der Waals surface area contributed by atoms with Crippen LogP contribution in [-0.4, -0.2) is 34.5 Å². The summed E-state index contributed by atoms with van der Waals surface area (Å²) < 4.78 is 6.18. The third kappa shape index (κ3) is 3.03. The van der Waals surface area contributed by atoms with Gasteiger partial charge in [0.1, 0.15) is 11.7 Å². The fraction of sp³-hybridized carbons (Fsp3) is 0.500. The molecule has 2 aliphatic heterocycles. The Hall–Kier alpha value is -2.30. The zero-order valence-electron chi connectivity index (χ0n) is 15.3. The van der Waals surface area contributed by atoms with Crippen LogP contribution >= 0.6 is 0 Å². The minimum Gasteiger partial charge on any atom is -0.468 e. The zero-order chi connectivity index (χ0) is 18.4. The number of piperidine rings is 1. The second-order valence-corrected chi connectivity index (χ2v) is 8.08. The minimum atomic E-state index is -0.761. The van der Waals surface area contributed by atoms with E-state index in [1.165, 1.54) is 0 Å². The fourth-order valence-electron chi connectivity index (χ4n) is 3.87. The van der Waals surface area contributed by atoms with Gasteiger partial charge in [0, 0.05) is 24.4 Å². The van der Waals surface area contributed by atoms with Gasteiger partial charge in [-0.25, -0.2) is 0 Å². The van der Waals surface area contributed by atoms with Crippen molar-refractivity contribution < 1.29 is 14.3 Å². The third-order valence-corrected chi connectivity index (χ3v) is 4.84. The molecule has 1 fully saturated rings. The number of para-hydroxylation sites is 1. The molecule has 5 heteroatoms. The maximum atomic E-state index is 13.2. The van der Waals surface area contributed by atoms with Crippen molar-refractivity contribution >= 4 is 11.8 Å². The summed E-state index contributed by atoms with van der Waals surface area (Å²) >= 11 is 0. The number of rotatable bonds is 3. The van der Waals surface area contributed by atoms with Crippen LogP contribution in [0, 0.1) is 5.92 Å². The first-order valence-electron chi connectivity index (χ1n) is 8.68. The standard InChI is InChI=1S/C20H26N2O3/c1-6-11-22-18(24)16(17(23)21-19(2,3)4)14-12-20(22,5)25-15-10-8-7-9-13(14)15/h6-10,14,16H,1,11-12H2,2-5H3,(H,21,23)/t14?,16?,20-/m1/s1. The predicted octanol–water partition coefficient (Wildman–Crippen LogP) is 2.83. The van der Waals surface area contributed by atoms with Gasteiger partial charge in [0.2, 0.25) is 11.8 Å². The fourth-order valence-corrected chi connectivity index (χ4v) is 3.87. The summed E-state index contributed by atoms with van der Waals surface area (Å²) in [6.07, 6.45) is 2.26. The molecule has 0 saturated carbocycles. The molecule has 1 aromatic rings. The van der Waals surface area contributed by atoms with Gasteiger partial charge < -0.3 is 15.0 Å². The molecule has 1 saturated heterocycles. The van der Waals surface area contributed by atoms with Gasteiger partial charge >= 0.3 is 0 Å². The average Bonchev–Trinajstić information content (AvgIpc) is 2.49. The highest BCUT2D eigenvalue weighted by Crippen LogP contribution is 2.50. The lowest BCUT2D eigenvalue weighted by atomic mass is 9.73. The Bertz CT molecular complexity index is 722. The van der Waals surface area contributed by atoms with Crippen LogP contribution in [0.25, 0.3) is 0 Å². The quantitative estimate of drug-likeness (QED) is 0.679. The van der Waals surface area contributed by atoms with Gasteiger partial charge in [-0.05, 0) is 39.3 Å². The summed E-state index contributed by atoms with van der Waals surface area (Å²) in [5.74, 6) is -0.621. The molecule has 2 amide bonds. The lowest BCUT2D eigenvalue weighted by molar-refractivity contribution is -0.174. The highest BCUT2D eigenvalue weighted by Gasteiger charge is 2.55. The number of nitrogens with one attached hydrogen (secondary N) is 1. The van der Waals surface area contributed by atoms with Gasteiger partial charge in [-0.3, -0.25) is 9.59 Å². The van der Waals surface area contributed by atoms with Gasteiger partial charge in [-0.2, -0.15) is 0 Å². The molecule has 3 rings (SSSR count). The van der Waals surface area contributed by atoms with Gasteiger partial charge in [-0.15, -0.1) is 6.58 Å². The number of ether oxygens (including phenoxy) is 1. The molecule has 0 aliphatic carbocycles. The van der Waals surface area contributed by atoms with Crippen molar-refractivity contribution in [1.82, 2.24) is 10.2 Å². The van der Waals surface area contributed by atoms with Crippen molar-refractivity contribution in [1.29, 1.82) is 0 Å². The molecule has 1 N–H and O–H groups in total. The Morgan fingerprint density at radius 2 is 2.12 bits per heavy atom. The topological polar surface area (TPSA) is 58.6 Å². The molecule has 0 radical (unpaired) electrons. The first-order valence-corrected chi connectivity index (χ1v) is 8.68. The number of amides is 2. The lowest BCUT2D eigenvalue weighted by Gasteiger charge is -2.52. The molecular weight excluding hydrogens is 316 g/mol. The van der Waals surface area contributed by atoms with Crippen molar-refractivity contribution in [3.05, 3.63) is 42.5 Å². The summed E-state index contributed by atoms with van der Waals surface area (Å²) in [5.41, 5.74) is -0.227. The molecule has 2 unspecified atom stereocenters. The van der Waals surface area contributed by atoms with Crippen LogP contribution in [0.15, 0.2) is 36.9 Å². The van der Waals surface area contributed by atoms with Crippen LogP contribution in [0.5, 0.6) is 5.75 Å². The van der Waals surface area contributed by atoms with Crippen LogP contribution in [-0.2, 0) is 9.59 Å². The highest BCUT2D eigenvalue weighted by atomic mass is 16.5. The normalized spacial score (nSPS) is 28.0. The summed E-state index contributed by atoms with van der Waals surface area (Å²) in [6.45, 7) is 11.8. The third-order valence-electron chi connectivity index (χ3n) is 4.84. The van der Waals surface area contributed by atoms with Crippen LogP contribution in [0.1, 0.15) is 45.6 Å². The summed E-state index contributed by atoms with van der Waals surface area (Å²) in [6, 6.07) is 7.69. The van der Waals surface area contributed by atoms with Crippen LogP contribution in [0.3, 0.4) is 0 Å². The Balaban J connectivity index is 2.07. The average molecular weight is 342 g/mol. The Labute approximate surface area is 149 Å². The van der Waals surface area contributed by atoms with Crippen molar-refractivity contribution in [2.75, 3.05) is 6.54 Å². The zero-order valence-corrected chi connectivity index (χ0v) is 15.3. The first kappa shape index (κ1) is 17.5. The van der Waals surface area contributed by atoms with Crippen molar-refractivity contribution in [2.45, 2.75) is 51.3 Å². The molecule has 1 aromatic carbocycles. The molecule has 0 aromatic heterocycles. The lowest BCUT2D eigenvalue weighted by Crippen LogP contribution is -2.65. The van der Waals surface area contributed by atoms with Gasteiger partial charge in [0.25, 0.3) is 0 Å². The van der Waals surface area contributed by atoms with E-state index >= 15 is 0 Å². The van der Waals surface area contributed by atoms with E-state index in [0.717, 1.165) is 11.3 Å². The number of fused-ring (bicyclic) bond motifs is 4. The number of carbonyl (C=O) groups is 2. The number of carbonyl (C=O) groups excluding carboxylic acids is 2. The summed E-state index contributed by atoms with van der Waals surface area (Å²) in [4.78, 5) is 27.8. The van der Waals surface area contributed by atoms with Gasteiger partial charge in [0.15, 0.2) is 5.72 Å². The van der Waals surface area contributed by atoms with Gasteiger partial charge in [0.05, 0.1) is 0 Å². The highest BCUT2D eigenvalue weighted by molar-refractivity contribution is 6.02. The largest absolute Gasteiger partial charge is 0.468 e. The van der Waals surface area contributed by atoms with Crippen LogP contribution < -0.4 is 10.1 Å². The molecule has 134 valence electrons. The molecule has 0 spiro atoms. The van der Waals surface area contributed by atoms with Crippen molar-refractivity contribution in [2.24, 2.45) is 5.92 Å². The minimum absolute atomic E-state index is 0.189. The van der Waals surface area contributed by atoms with E-state index in [9.17, 15) is 9.59 Å². The number of benzene rings is 1. The van der Waals surface area contributed by atoms with E-state index in [2.05, 4.69) is 11.9 Å². The molecule has 5 nitrogen and oxygen atoms in total. The van der Waals surface area contributed by atoms with E-state index in [-0.39, 0.29) is 17.7 Å². The van der Waals surface area contributed by atoms with E-state index in [1.807, 2.05) is 52.0 Å². The number of hydrogen-bond acceptors (Lipinski definition) is 3. The first-order chi connectivity index (χ1) is 11.7. The van der Waals surface area contributed by atoms with E-state index in [4.69, 9.17) is 4.74 Å². The van der Waals surface area contributed by atoms with Crippen LogP contribution in [0.2, 0.25) is 0 Å². The maximum Gasteiger partial charge on any atom is 0.239 e.